The van der Waals surface area contributed by atoms with Gasteiger partial charge in [-0.15, -0.1) is 0 Å². The van der Waals surface area contributed by atoms with E-state index in [0.29, 0.717) is 27.6 Å². The number of aromatic nitrogens is 2. The number of aromatic amines is 1. The second-order valence-corrected chi connectivity index (χ2v) is 7.59. The first kappa shape index (κ1) is 20.9. The highest BCUT2D eigenvalue weighted by atomic mass is 32.2. The zero-order chi connectivity index (χ0) is 22.1. The first-order chi connectivity index (χ1) is 14.8. The Morgan fingerprint density at radius 1 is 1.13 bits per heavy atom. The number of ether oxygens (including phenoxy) is 1. The van der Waals surface area contributed by atoms with Gasteiger partial charge in [-0.25, -0.2) is 17.7 Å². The molecule has 1 atom stereocenters. The van der Waals surface area contributed by atoms with Crippen LogP contribution < -0.4 is 15.0 Å². The molecule has 3 N–H and O–H groups in total. The number of rotatable bonds is 6. The van der Waals surface area contributed by atoms with Crippen LogP contribution in [-0.2, 0) is 24.9 Å². The van der Waals surface area contributed by atoms with Gasteiger partial charge >= 0.3 is 0 Å². The van der Waals surface area contributed by atoms with Crippen LogP contribution in [-0.4, -0.2) is 18.3 Å². The zero-order valence-electron chi connectivity index (χ0n) is 16.2. The Kier molecular flexibility index (Phi) is 5.68. The third-order valence-corrected chi connectivity index (χ3v) is 5.13. The minimum Gasteiger partial charge on any atom is -0.454 e. The van der Waals surface area contributed by atoms with E-state index in [1.54, 1.807) is 43.7 Å². The quantitative estimate of drug-likeness (QED) is 0.393. The van der Waals surface area contributed by atoms with Crippen molar-refractivity contribution in [2.24, 2.45) is 7.05 Å². The smallest absolute Gasteiger partial charge is 0.274 e. The van der Waals surface area contributed by atoms with Gasteiger partial charge in [-0.05, 0) is 35.9 Å². The van der Waals surface area contributed by atoms with Crippen molar-refractivity contribution in [2.75, 3.05) is 0 Å². The van der Waals surface area contributed by atoms with E-state index in [2.05, 4.69) is 9.71 Å². The Bertz CT molecular complexity index is 1370. The molecular weight excluding hydrogens is 428 g/mol. The van der Waals surface area contributed by atoms with Gasteiger partial charge in [-0.1, -0.05) is 6.07 Å². The molecule has 0 saturated heterocycles. The van der Waals surface area contributed by atoms with Gasteiger partial charge in [0.25, 0.3) is 5.56 Å². The number of halogens is 2. The number of hydrogen-bond acceptors (Lipinski definition) is 3. The molecule has 0 spiro atoms. The van der Waals surface area contributed by atoms with Crippen molar-refractivity contribution in [1.29, 1.82) is 0 Å². The standard InChI is InChI=1S/C21H17F2N3O4S/c1-26-11-16(14-6-7-24-20(14)21(26)27)15-8-12(10-25-31(28)29)2-4-18(15)30-19-5-3-13(22)9-17(19)23/h2-9,11,24-25H,10H2,1H3,(H,28,29). The Morgan fingerprint density at radius 3 is 2.65 bits per heavy atom. The average Bonchev–Trinajstić information content (AvgIpc) is 3.22. The average molecular weight is 445 g/mol. The molecule has 0 saturated carbocycles. The van der Waals surface area contributed by atoms with E-state index in [-0.39, 0.29) is 23.6 Å². The summed E-state index contributed by atoms with van der Waals surface area (Å²) in [4.78, 5) is 15.3. The molecule has 0 radical (unpaired) electrons. The van der Waals surface area contributed by atoms with Gasteiger partial charge in [-0.3, -0.25) is 9.35 Å². The van der Waals surface area contributed by atoms with E-state index in [1.807, 2.05) is 0 Å². The molecule has 0 aliphatic rings. The number of hydrogen-bond donors (Lipinski definition) is 3. The highest BCUT2D eigenvalue weighted by Gasteiger charge is 2.17. The van der Waals surface area contributed by atoms with Crippen LogP contribution in [0.4, 0.5) is 8.78 Å². The largest absolute Gasteiger partial charge is 0.454 e. The summed E-state index contributed by atoms with van der Waals surface area (Å²) in [6.07, 6.45) is 3.26. The SMILES string of the molecule is Cn1cc(-c2cc(CNS(=O)O)ccc2Oc2ccc(F)cc2F)c2cc[nH]c2c1=O. The molecule has 0 fully saturated rings. The minimum atomic E-state index is -2.20. The maximum atomic E-state index is 14.2. The molecule has 0 bridgehead atoms. The summed E-state index contributed by atoms with van der Waals surface area (Å²) < 4.78 is 57.0. The van der Waals surface area contributed by atoms with Crippen molar-refractivity contribution in [1.82, 2.24) is 14.3 Å². The Hall–Kier alpha value is -3.34. The number of pyridine rings is 1. The molecule has 4 rings (SSSR count). The fraction of sp³-hybridized carbons (Fsp3) is 0.0952. The van der Waals surface area contributed by atoms with Crippen molar-refractivity contribution in [3.05, 3.63) is 82.4 Å². The summed E-state index contributed by atoms with van der Waals surface area (Å²) in [7, 11) is 1.60. The fourth-order valence-electron chi connectivity index (χ4n) is 3.29. The summed E-state index contributed by atoms with van der Waals surface area (Å²) in [6.45, 7) is 0.0867. The molecule has 1 unspecified atom stereocenters. The predicted octanol–water partition coefficient (Wildman–Crippen LogP) is 3.83. The number of fused-ring (bicyclic) bond motifs is 1. The molecule has 160 valence electrons. The second-order valence-electron chi connectivity index (χ2n) is 6.80. The Morgan fingerprint density at radius 2 is 1.90 bits per heavy atom. The van der Waals surface area contributed by atoms with Gasteiger partial charge in [0, 0.05) is 48.6 Å². The van der Waals surface area contributed by atoms with Crippen LogP contribution >= 0.6 is 0 Å². The third kappa shape index (κ3) is 4.26. The lowest BCUT2D eigenvalue weighted by Gasteiger charge is -2.15. The topological polar surface area (TPSA) is 96.3 Å². The summed E-state index contributed by atoms with van der Waals surface area (Å²) in [5, 5.41) is 0.628. The molecule has 4 aromatic rings. The first-order valence-electron chi connectivity index (χ1n) is 9.11. The summed E-state index contributed by atoms with van der Waals surface area (Å²) in [5.74, 6) is -1.49. The van der Waals surface area contributed by atoms with E-state index in [9.17, 15) is 17.8 Å². The van der Waals surface area contributed by atoms with Crippen molar-refractivity contribution >= 4 is 22.2 Å². The molecule has 2 aromatic carbocycles. The van der Waals surface area contributed by atoms with Gasteiger partial charge < -0.3 is 14.3 Å². The number of aryl methyl sites for hydroxylation is 1. The van der Waals surface area contributed by atoms with E-state index in [1.165, 1.54) is 10.6 Å². The Balaban J connectivity index is 1.88. The maximum absolute atomic E-state index is 14.2. The second kappa shape index (κ2) is 8.42. The first-order valence-corrected chi connectivity index (χ1v) is 10.2. The molecule has 2 aromatic heterocycles. The van der Waals surface area contributed by atoms with Crippen molar-refractivity contribution < 1.29 is 22.3 Å². The molecule has 31 heavy (non-hydrogen) atoms. The number of H-pyrrole nitrogens is 1. The lowest BCUT2D eigenvalue weighted by Crippen LogP contribution is -2.17. The number of nitrogens with one attached hydrogen (secondary N) is 2. The fourth-order valence-corrected chi connectivity index (χ4v) is 3.58. The normalized spacial score (nSPS) is 12.3. The van der Waals surface area contributed by atoms with Crippen LogP contribution in [0, 0.1) is 11.6 Å². The molecular formula is C21H17F2N3O4S. The maximum Gasteiger partial charge on any atom is 0.274 e. The minimum absolute atomic E-state index is 0.0867. The van der Waals surface area contributed by atoms with Crippen LogP contribution in [0.5, 0.6) is 11.5 Å². The van der Waals surface area contributed by atoms with E-state index >= 15 is 0 Å². The highest BCUT2D eigenvalue weighted by Crippen LogP contribution is 2.37. The van der Waals surface area contributed by atoms with Gasteiger partial charge in [0.15, 0.2) is 11.6 Å². The van der Waals surface area contributed by atoms with E-state index < -0.39 is 22.9 Å². The molecule has 2 heterocycles. The summed E-state index contributed by atoms with van der Waals surface area (Å²) in [5.41, 5.74) is 1.97. The molecule has 10 heteroatoms. The van der Waals surface area contributed by atoms with E-state index in [0.717, 1.165) is 12.1 Å². The van der Waals surface area contributed by atoms with Gasteiger partial charge in [0.05, 0.1) is 0 Å². The van der Waals surface area contributed by atoms with Gasteiger partial charge in [0.1, 0.15) is 17.1 Å². The van der Waals surface area contributed by atoms with Crippen LogP contribution in [0.25, 0.3) is 22.0 Å². The third-order valence-electron chi connectivity index (χ3n) is 4.74. The van der Waals surface area contributed by atoms with Crippen molar-refractivity contribution in [3.63, 3.8) is 0 Å². The van der Waals surface area contributed by atoms with Gasteiger partial charge in [0.2, 0.25) is 11.3 Å². The van der Waals surface area contributed by atoms with Crippen LogP contribution in [0.2, 0.25) is 0 Å². The summed E-state index contributed by atoms with van der Waals surface area (Å²) >= 11 is -2.20. The van der Waals surface area contributed by atoms with Gasteiger partial charge in [-0.2, -0.15) is 0 Å². The molecule has 7 nitrogen and oxygen atoms in total. The molecule has 0 aliphatic carbocycles. The van der Waals surface area contributed by atoms with Crippen LogP contribution in [0.1, 0.15) is 5.56 Å². The van der Waals surface area contributed by atoms with E-state index in [4.69, 9.17) is 9.29 Å². The zero-order valence-corrected chi connectivity index (χ0v) is 17.0. The highest BCUT2D eigenvalue weighted by molar-refractivity contribution is 7.77. The molecule has 0 amide bonds. The predicted molar refractivity (Wildman–Crippen MR) is 113 cm³/mol. The molecule has 0 aliphatic heterocycles. The van der Waals surface area contributed by atoms with Crippen molar-refractivity contribution in [2.45, 2.75) is 6.54 Å². The van der Waals surface area contributed by atoms with Crippen molar-refractivity contribution in [3.8, 4) is 22.6 Å². The monoisotopic (exact) mass is 445 g/mol. The lowest BCUT2D eigenvalue weighted by atomic mass is 10.0. The van der Waals surface area contributed by atoms with Crippen LogP contribution in [0.3, 0.4) is 0 Å². The Labute approximate surface area is 177 Å². The van der Waals surface area contributed by atoms with Crippen LogP contribution in [0.15, 0.2) is 59.7 Å². The summed E-state index contributed by atoms with van der Waals surface area (Å²) in [6, 6.07) is 9.68. The number of benzene rings is 2. The number of nitrogens with zero attached hydrogens (tertiary/aromatic N) is 1. The lowest BCUT2D eigenvalue weighted by molar-refractivity contribution is 0.439.